The van der Waals surface area contributed by atoms with Crippen molar-refractivity contribution in [2.45, 2.75) is 70.5 Å². The van der Waals surface area contributed by atoms with Gasteiger partial charge < -0.3 is 14.9 Å². The van der Waals surface area contributed by atoms with Crippen LogP contribution in [0.2, 0.25) is 0 Å². The highest BCUT2D eigenvalue weighted by Gasteiger charge is 2.05. The Kier molecular flexibility index (Phi) is 10.2. The molecule has 2 atom stereocenters. The zero-order valence-corrected chi connectivity index (χ0v) is 14.4. The fourth-order valence-corrected chi connectivity index (χ4v) is 2.44. The first kappa shape index (κ1) is 19.5. The summed E-state index contributed by atoms with van der Waals surface area (Å²) in [5, 5.41) is 19.9. The van der Waals surface area contributed by atoms with E-state index in [2.05, 4.69) is 18.8 Å². The van der Waals surface area contributed by atoms with E-state index in [-0.39, 0.29) is 0 Å². The van der Waals surface area contributed by atoms with Gasteiger partial charge >= 0.3 is 0 Å². The fourth-order valence-electron chi connectivity index (χ4n) is 2.44. The average molecular weight is 318 g/mol. The molecule has 0 aliphatic heterocycles. The molecule has 0 saturated heterocycles. The Balaban J connectivity index is 2.28. The van der Waals surface area contributed by atoms with Gasteiger partial charge in [0.2, 0.25) is 0 Å². The molecule has 2 unspecified atom stereocenters. The Hall–Kier alpha value is -1.50. The van der Waals surface area contributed by atoms with E-state index in [9.17, 15) is 10.2 Å². The highest BCUT2D eigenvalue weighted by Crippen LogP contribution is 2.18. The second kappa shape index (κ2) is 12.0. The molecule has 0 bridgehead atoms. The molecule has 3 heteroatoms. The summed E-state index contributed by atoms with van der Waals surface area (Å²) < 4.78 is 5.12. The summed E-state index contributed by atoms with van der Waals surface area (Å²) in [5.74, 6) is 6.15. The van der Waals surface area contributed by atoms with Crippen LogP contribution in [0.4, 0.5) is 0 Å². The lowest BCUT2D eigenvalue weighted by Crippen LogP contribution is -2.04. The molecular formula is C20H30O3. The standard InChI is InChI=1S/C20H30O3/c1-3-4-5-6-7-8-9-12-18(21)14-15-20(22)17-11-10-13-19(16-17)23-2/h10-11,13,16,18,20-22H,3-9,12H2,1-2H3. The Morgan fingerprint density at radius 1 is 1.00 bits per heavy atom. The maximum atomic E-state index is 10.0. The first-order valence-electron chi connectivity index (χ1n) is 8.68. The van der Waals surface area contributed by atoms with Gasteiger partial charge in [-0.1, -0.05) is 69.4 Å². The van der Waals surface area contributed by atoms with E-state index >= 15 is 0 Å². The molecule has 1 aromatic carbocycles. The van der Waals surface area contributed by atoms with Crippen LogP contribution in [-0.4, -0.2) is 23.4 Å². The van der Waals surface area contributed by atoms with Gasteiger partial charge in [-0.3, -0.25) is 0 Å². The molecule has 2 N–H and O–H groups in total. The summed E-state index contributed by atoms with van der Waals surface area (Å²) in [6, 6.07) is 7.18. The lowest BCUT2D eigenvalue weighted by atomic mass is 10.1. The molecule has 0 fully saturated rings. The monoisotopic (exact) mass is 318 g/mol. The van der Waals surface area contributed by atoms with Gasteiger partial charge in [-0.15, -0.1) is 0 Å². The number of aliphatic hydroxyl groups is 2. The maximum Gasteiger partial charge on any atom is 0.140 e. The van der Waals surface area contributed by atoms with Crippen LogP contribution in [0.25, 0.3) is 0 Å². The summed E-state index contributed by atoms with van der Waals surface area (Å²) in [7, 11) is 1.59. The minimum Gasteiger partial charge on any atom is -0.497 e. The molecule has 0 aliphatic rings. The van der Waals surface area contributed by atoms with Crippen molar-refractivity contribution in [3.05, 3.63) is 29.8 Å². The molecule has 1 aromatic rings. The van der Waals surface area contributed by atoms with Gasteiger partial charge in [-0.2, -0.15) is 0 Å². The molecule has 0 aliphatic carbocycles. The molecule has 0 amide bonds. The zero-order valence-electron chi connectivity index (χ0n) is 14.4. The van der Waals surface area contributed by atoms with Crippen LogP contribution < -0.4 is 4.74 Å². The summed E-state index contributed by atoms with van der Waals surface area (Å²) in [6.07, 6.45) is 7.64. The topological polar surface area (TPSA) is 49.7 Å². The van der Waals surface area contributed by atoms with Gasteiger partial charge in [0, 0.05) is 0 Å². The number of hydrogen-bond acceptors (Lipinski definition) is 3. The molecule has 0 saturated carbocycles. The number of unbranched alkanes of at least 4 members (excludes halogenated alkanes) is 6. The molecule has 3 nitrogen and oxygen atoms in total. The number of methoxy groups -OCH3 is 1. The quantitative estimate of drug-likeness (QED) is 0.501. The van der Waals surface area contributed by atoms with Crippen LogP contribution in [0.15, 0.2) is 24.3 Å². The lowest BCUT2D eigenvalue weighted by Gasteiger charge is -2.07. The molecule has 1 rings (SSSR count). The van der Waals surface area contributed by atoms with Gasteiger partial charge in [0.15, 0.2) is 0 Å². The lowest BCUT2D eigenvalue weighted by molar-refractivity contribution is 0.212. The van der Waals surface area contributed by atoms with Crippen LogP contribution in [-0.2, 0) is 0 Å². The second-order valence-electron chi connectivity index (χ2n) is 5.89. The molecular weight excluding hydrogens is 288 g/mol. The minimum atomic E-state index is -0.895. The van der Waals surface area contributed by atoms with Gasteiger partial charge in [0.1, 0.15) is 18.0 Å². The van der Waals surface area contributed by atoms with Crippen molar-refractivity contribution in [1.29, 1.82) is 0 Å². The van der Waals surface area contributed by atoms with Crippen molar-refractivity contribution in [1.82, 2.24) is 0 Å². The molecule has 0 spiro atoms. The Morgan fingerprint density at radius 3 is 2.39 bits per heavy atom. The van der Waals surface area contributed by atoms with Crippen molar-refractivity contribution in [2.75, 3.05) is 7.11 Å². The number of ether oxygens (including phenoxy) is 1. The van der Waals surface area contributed by atoms with Crippen LogP contribution in [0.5, 0.6) is 5.75 Å². The third-order valence-corrected chi connectivity index (χ3v) is 3.88. The van der Waals surface area contributed by atoms with E-state index in [0.29, 0.717) is 17.7 Å². The fraction of sp³-hybridized carbons (Fsp3) is 0.600. The molecule has 23 heavy (non-hydrogen) atoms. The molecule has 128 valence electrons. The molecule has 0 heterocycles. The van der Waals surface area contributed by atoms with Crippen molar-refractivity contribution in [3.63, 3.8) is 0 Å². The van der Waals surface area contributed by atoms with E-state index in [0.717, 1.165) is 12.8 Å². The van der Waals surface area contributed by atoms with Gasteiger partial charge in [-0.25, -0.2) is 0 Å². The van der Waals surface area contributed by atoms with Crippen LogP contribution in [0, 0.1) is 11.8 Å². The average Bonchev–Trinajstić information content (AvgIpc) is 2.58. The van der Waals surface area contributed by atoms with E-state index in [1.807, 2.05) is 12.1 Å². The third-order valence-electron chi connectivity index (χ3n) is 3.88. The van der Waals surface area contributed by atoms with E-state index in [1.165, 1.54) is 32.1 Å². The predicted molar refractivity (Wildman–Crippen MR) is 94.3 cm³/mol. The second-order valence-corrected chi connectivity index (χ2v) is 5.89. The van der Waals surface area contributed by atoms with Crippen LogP contribution >= 0.6 is 0 Å². The SMILES string of the molecule is CCCCCCCCCC(O)C#CC(O)c1cccc(OC)c1. The number of hydrogen-bond donors (Lipinski definition) is 2. The zero-order chi connectivity index (χ0) is 16.9. The first-order chi connectivity index (χ1) is 11.2. The minimum absolute atomic E-state index is 0.661. The highest BCUT2D eigenvalue weighted by molar-refractivity contribution is 5.33. The maximum absolute atomic E-state index is 10.0. The van der Waals surface area contributed by atoms with E-state index < -0.39 is 12.2 Å². The van der Waals surface area contributed by atoms with Gasteiger partial charge in [-0.05, 0) is 30.5 Å². The Morgan fingerprint density at radius 2 is 1.70 bits per heavy atom. The van der Waals surface area contributed by atoms with Crippen molar-refractivity contribution >= 4 is 0 Å². The summed E-state index contributed by atoms with van der Waals surface area (Å²) in [5.41, 5.74) is 0.681. The number of benzene rings is 1. The van der Waals surface area contributed by atoms with Crippen LogP contribution in [0.3, 0.4) is 0 Å². The summed E-state index contributed by atoms with van der Waals surface area (Å²) in [4.78, 5) is 0. The summed E-state index contributed by atoms with van der Waals surface area (Å²) in [6.45, 7) is 2.22. The first-order valence-corrected chi connectivity index (χ1v) is 8.68. The predicted octanol–water partition coefficient (Wildman–Crippen LogP) is 4.23. The Labute approximate surface area is 140 Å². The third kappa shape index (κ3) is 8.64. The van der Waals surface area contributed by atoms with Gasteiger partial charge in [0.05, 0.1) is 7.11 Å². The normalized spacial score (nSPS) is 13.0. The number of aliphatic hydroxyl groups excluding tert-OH is 2. The number of rotatable bonds is 10. The highest BCUT2D eigenvalue weighted by atomic mass is 16.5. The van der Waals surface area contributed by atoms with Crippen molar-refractivity contribution in [2.24, 2.45) is 0 Å². The van der Waals surface area contributed by atoms with Crippen molar-refractivity contribution in [3.8, 4) is 17.6 Å². The Bertz CT molecular complexity index is 487. The largest absolute Gasteiger partial charge is 0.497 e. The van der Waals surface area contributed by atoms with E-state index in [4.69, 9.17) is 4.74 Å². The van der Waals surface area contributed by atoms with Gasteiger partial charge in [0.25, 0.3) is 0 Å². The van der Waals surface area contributed by atoms with E-state index in [1.54, 1.807) is 19.2 Å². The molecule has 0 radical (unpaired) electrons. The summed E-state index contributed by atoms with van der Waals surface area (Å²) >= 11 is 0. The van der Waals surface area contributed by atoms with Crippen LogP contribution in [0.1, 0.15) is 70.0 Å². The molecule has 0 aromatic heterocycles. The van der Waals surface area contributed by atoms with Crippen molar-refractivity contribution < 1.29 is 14.9 Å². The smallest absolute Gasteiger partial charge is 0.140 e.